The molecule has 1 heterocycles. The number of nitrogens with two attached hydrogens (primary N) is 1. The molecule has 2 unspecified atom stereocenters. The largest absolute Gasteiger partial charge is 0.370 e. The van der Waals surface area contributed by atoms with Gasteiger partial charge in [0.2, 0.25) is 5.91 Å². The van der Waals surface area contributed by atoms with Crippen LogP contribution in [0, 0.1) is 5.92 Å². The van der Waals surface area contributed by atoms with Crippen molar-refractivity contribution in [3.63, 3.8) is 0 Å². The molecule has 3 N–H and O–H groups in total. The summed E-state index contributed by atoms with van der Waals surface area (Å²) in [6.07, 6.45) is 2.49. The predicted molar refractivity (Wildman–Crippen MR) is 123 cm³/mol. The first-order chi connectivity index (χ1) is 12.6. The maximum absolute atomic E-state index is 12.3. The van der Waals surface area contributed by atoms with E-state index in [1.807, 2.05) is 37.3 Å². The second kappa shape index (κ2) is 13.1. The first-order valence-corrected chi connectivity index (χ1v) is 10.8. The molecule has 0 aliphatic carbocycles. The molecule has 0 spiro atoms. The Bertz CT molecular complexity index is 627. The number of rotatable bonds is 8. The van der Waals surface area contributed by atoms with E-state index in [1.165, 1.54) is 0 Å². The average molecular weight is 506 g/mol. The van der Waals surface area contributed by atoms with Crippen LogP contribution in [-0.2, 0) is 21.3 Å². The van der Waals surface area contributed by atoms with Gasteiger partial charge in [0, 0.05) is 48.4 Å². The number of benzene rings is 1. The van der Waals surface area contributed by atoms with E-state index in [-0.39, 0.29) is 35.8 Å². The van der Waals surface area contributed by atoms with Crippen LogP contribution in [0.2, 0.25) is 0 Å². The molecule has 2 rings (SSSR count). The number of carbonyl (C=O) groups is 1. The maximum Gasteiger partial charge on any atom is 0.217 e. The highest BCUT2D eigenvalue weighted by Crippen LogP contribution is 2.19. The summed E-state index contributed by atoms with van der Waals surface area (Å²) in [7, 11) is -0.926. The van der Waals surface area contributed by atoms with Crippen molar-refractivity contribution in [3.05, 3.63) is 35.9 Å². The van der Waals surface area contributed by atoms with E-state index in [2.05, 4.69) is 15.2 Å². The van der Waals surface area contributed by atoms with E-state index < -0.39 is 10.8 Å². The standard InChI is InChI=1S/C19H30N4O2S.HI/c1-2-21-19(23-11-6-9-17(14-23)13-18(20)24)22-10-12-26(25)15-16-7-4-3-5-8-16;/h3-5,7-8,17H,2,6,9-15H2,1H3,(H2,20,24)(H,21,22);1H. The minimum atomic E-state index is -0.926. The summed E-state index contributed by atoms with van der Waals surface area (Å²) >= 11 is 0. The van der Waals surface area contributed by atoms with E-state index in [4.69, 9.17) is 5.73 Å². The number of piperidine rings is 1. The average Bonchev–Trinajstić information content (AvgIpc) is 2.61. The highest BCUT2D eigenvalue weighted by Gasteiger charge is 2.23. The lowest BCUT2D eigenvalue weighted by Crippen LogP contribution is -2.47. The topological polar surface area (TPSA) is 87.8 Å². The van der Waals surface area contributed by atoms with Crippen molar-refractivity contribution in [1.29, 1.82) is 0 Å². The van der Waals surface area contributed by atoms with Crippen LogP contribution in [0.4, 0.5) is 0 Å². The first kappa shape index (κ1) is 23.9. The summed E-state index contributed by atoms with van der Waals surface area (Å²) in [4.78, 5) is 18.0. The number of nitrogens with one attached hydrogen (secondary N) is 1. The molecule has 0 aromatic heterocycles. The molecule has 1 saturated heterocycles. The Morgan fingerprint density at radius 3 is 2.78 bits per heavy atom. The van der Waals surface area contributed by atoms with Crippen LogP contribution in [-0.4, -0.2) is 52.9 Å². The number of hydrogen-bond acceptors (Lipinski definition) is 3. The number of amides is 1. The zero-order valence-electron chi connectivity index (χ0n) is 15.9. The van der Waals surface area contributed by atoms with Gasteiger partial charge in [-0.05, 0) is 31.2 Å². The van der Waals surface area contributed by atoms with Crippen LogP contribution < -0.4 is 11.1 Å². The molecule has 0 saturated carbocycles. The van der Waals surface area contributed by atoms with E-state index in [0.717, 1.165) is 44.0 Å². The molecule has 0 radical (unpaired) electrons. The lowest BCUT2D eigenvalue weighted by atomic mass is 9.95. The van der Waals surface area contributed by atoms with E-state index >= 15 is 0 Å². The zero-order chi connectivity index (χ0) is 18.8. The van der Waals surface area contributed by atoms with Crippen molar-refractivity contribution >= 4 is 46.6 Å². The summed E-state index contributed by atoms with van der Waals surface area (Å²) < 4.78 is 12.3. The Balaban J connectivity index is 0.00000364. The first-order valence-electron chi connectivity index (χ1n) is 9.29. The molecular weight excluding hydrogens is 475 g/mol. The van der Waals surface area contributed by atoms with Crippen molar-refractivity contribution < 1.29 is 9.00 Å². The van der Waals surface area contributed by atoms with Gasteiger partial charge >= 0.3 is 0 Å². The second-order valence-electron chi connectivity index (χ2n) is 6.63. The van der Waals surface area contributed by atoms with Gasteiger partial charge in [0.05, 0.1) is 6.54 Å². The summed E-state index contributed by atoms with van der Waals surface area (Å²) in [5.41, 5.74) is 6.43. The van der Waals surface area contributed by atoms with Crippen LogP contribution in [0.3, 0.4) is 0 Å². The molecule has 1 amide bonds. The minimum absolute atomic E-state index is 0. The molecule has 1 fully saturated rings. The molecule has 0 bridgehead atoms. The van der Waals surface area contributed by atoms with Crippen LogP contribution >= 0.6 is 24.0 Å². The van der Waals surface area contributed by atoms with Crippen molar-refractivity contribution in [1.82, 2.24) is 10.2 Å². The number of halogens is 1. The van der Waals surface area contributed by atoms with Gasteiger partial charge in [-0.25, -0.2) is 0 Å². The number of hydrogen-bond donors (Lipinski definition) is 2. The fourth-order valence-corrected chi connectivity index (χ4v) is 4.22. The number of guanidine groups is 1. The number of nitrogens with zero attached hydrogens (tertiary/aromatic N) is 2. The Hall–Kier alpha value is -1.16. The number of likely N-dealkylation sites (tertiary alicyclic amines) is 1. The summed E-state index contributed by atoms with van der Waals surface area (Å²) in [6.45, 7) is 5.06. The SMILES string of the molecule is CCNC(=NCCS(=O)Cc1ccccc1)N1CCCC(CC(N)=O)C1.I. The molecule has 6 nitrogen and oxygen atoms in total. The number of carbonyl (C=O) groups excluding carboxylic acids is 1. The Kier molecular flexibility index (Phi) is 11.6. The molecule has 1 aromatic rings. The van der Waals surface area contributed by atoms with E-state index in [9.17, 15) is 9.00 Å². The Morgan fingerprint density at radius 2 is 2.11 bits per heavy atom. The second-order valence-corrected chi connectivity index (χ2v) is 8.21. The highest BCUT2D eigenvalue weighted by molar-refractivity contribution is 14.0. The van der Waals surface area contributed by atoms with Crippen LogP contribution in [0.15, 0.2) is 35.3 Å². The molecule has 1 aromatic carbocycles. The third-order valence-corrected chi connectivity index (χ3v) is 5.69. The van der Waals surface area contributed by atoms with Crippen molar-refractivity contribution in [2.75, 3.05) is 31.9 Å². The fourth-order valence-electron chi connectivity index (χ4n) is 3.22. The zero-order valence-corrected chi connectivity index (χ0v) is 19.1. The Morgan fingerprint density at radius 1 is 1.37 bits per heavy atom. The molecule has 152 valence electrons. The van der Waals surface area contributed by atoms with Gasteiger partial charge in [0.15, 0.2) is 5.96 Å². The monoisotopic (exact) mass is 506 g/mol. The van der Waals surface area contributed by atoms with E-state index in [1.54, 1.807) is 0 Å². The quantitative estimate of drug-likeness (QED) is 0.321. The van der Waals surface area contributed by atoms with Gasteiger partial charge in [-0.15, -0.1) is 24.0 Å². The van der Waals surface area contributed by atoms with Crippen LogP contribution in [0.5, 0.6) is 0 Å². The van der Waals surface area contributed by atoms with Gasteiger partial charge in [-0.3, -0.25) is 14.0 Å². The molecule has 8 heteroatoms. The van der Waals surface area contributed by atoms with Crippen molar-refractivity contribution in [2.45, 2.75) is 31.9 Å². The summed E-state index contributed by atoms with van der Waals surface area (Å²) in [5.74, 6) is 2.01. The molecule has 27 heavy (non-hydrogen) atoms. The number of aliphatic imine (C=N–C) groups is 1. The van der Waals surface area contributed by atoms with Gasteiger partial charge < -0.3 is 16.0 Å². The van der Waals surface area contributed by atoms with E-state index in [0.29, 0.717) is 24.5 Å². The number of primary amides is 1. The lowest BCUT2D eigenvalue weighted by Gasteiger charge is -2.34. The molecule has 2 atom stereocenters. The summed E-state index contributed by atoms with van der Waals surface area (Å²) in [5, 5.41) is 3.31. The predicted octanol–water partition coefficient (Wildman–Crippen LogP) is 2.11. The van der Waals surface area contributed by atoms with Gasteiger partial charge in [-0.2, -0.15) is 0 Å². The fraction of sp³-hybridized carbons (Fsp3) is 0.579. The van der Waals surface area contributed by atoms with Gasteiger partial charge in [0.1, 0.15) is 0 Å². The van der Waals surface area contributed by atoms with Crippen LogP contribution in [0.25, 0.3) is 0 Å². The maximum atomic E-state index is 12.3. The lowest BCUT2D eigenvalue weighted by molar-refractivity contribution is -0.119. The Labute approximate surface area is 181 Å². The van der Waals surface area contributed by atoms with Gasteiger partial charge in [-0.1, -0.05) is 30.3 Å². The van der Waals surface area contributed by atoms with Crippen molar-refractivity contribution in [2.24, 2.45) is 16.6 Å². The molecule has 1 aliphatic heterocycles. The molecular formula is C19H31IN4O2S. The third-order valence-electron chi connectivity index (χ3n) is 4.39. The van der Waals surface area contributed by atoms with Crippen molar-refractivity contribution in [3.8, 4) is 0 Å². The minimum Gasteiger partial charge on any atom is -0.370 e. The van der Waals surface area contributed by atoms with Gasteiger partial charge in [0.25, 0.3) is 0 Å². The normalized spacial score (nSPS) is 18.5. The third kappa shape index (κ3) is 9.05. The smallest absolute Gasteiger partial charge is 0.217 e. The molecule has 1 aliphatic rings. The summed E-state index contributed by atoms with van der Waals surface area (Å²) in [6, 6.07) is 9.89. The highest BCUT2D eigenvalue weighted by atomic mass is 127. The van der Waals surface area contributed by atoms with Crippen LogP contribution in [0.1, 0.15) is 31.7 Å².